The summed E-state index contributed by atoms with van der Waals surface area (Å²) in [6.45, 7) is 0.790. The third-order valence-corrected chi connectivity index (χ3v) is 3.65. The van der Waals surface area contributed by atoms with Gasteiger partial charge in [-0.2, -0.15) is 10.5 Å². The molecule has 0 N–H and O–H groups in total. The van der Waals surface area contributed by atoms with Crippen LogP contribution in [0.2, 0.25) is 0 Å². The van der Waals surface area contributed by atoms with Gasteiger partial charge in [-0.05, 0) is 36.4 Å². The molecule has 24 heavy (non-hydrogen) atoms. The molecule has 0 unspecified atom stereocenters. The minimum absolute atomic E-state index is 0.156. The molecule has 1 heterocycles. The summed E-state index contributed by atoms with van der Waals surface area (Å²) in [4.78, 5) is 1.80. The molecule has 0 fully saturated rings. The molecule has 2 aromatic rings. The second-order valence-corrected chi connectivity index (χ2v) is 5.18. The molecule has 2 aromatic carbocycles. The molecule has 0 saturated carbocycles. The van der Waals surface area contributed by atoms with Crippen LogP contribution in [0.5, 0.6) is 11.5 Å². The van der Waals surface area contributed by atoms with Gasteiger partial charge in [0.2, 0.25) is 0 Å². The quantitative estimate of drug-likeness (QED) is 0.788. The lowest BCUT2D eigenvalue weighted by Crippen LogP contribution is -2.24. The topological polar surface area (TPSA) is 69.3 Å². The highest BCUT2D eigenvalue weighted by atomic mass is 16.5. The summed E-state index contributed by atoms with van der Waals surface area (Å²) in [5, 5.41) is 18.3. The largest absolute Gasteiger partial charge is 0.457 e. The van der Waals surface area contributed by atoms with Crippen LogP contribution in [-0.4, -0.2) is 19.8 Å². The second-order valence-electron chi connectivity index (χ2n) is 5.18. The van der Waals surface area contributed by atoms with Gasteiger partial charge < -0.3 is 14.4 Å². The average Bonchev–Trinajstić information content (AvgIpc) is 3.10. The van der Waals surface area contributed by atoms with Crippen molar-refractivity contribution in [1.82, 2.24) is 0 Å². The van der Waals surface area contributed by atoms with Crippen LogP contribution in [0.1, 0.15) is 0 Å². The maximum Gasteiger partial charge on any atom is 0.127 e. The summed E-state index contributed by atoms with van der Waals surface area (Å²) < 4.78 is 11.1. The molecule has 1 aliphatic heterocycles. The number of para-hydroxylation sites is 1. The van der Waals surface area contributed by atoms with E-state index >= 15 is 0 Å². The Kier molecular flexibility index (Phi) is 4.76. The van der Waals surface area contributed by atoms with E-state index in [0.717, 1.165) is 17.1 Å². The van der Waals surface area contributed by atoms with Crippen molar-refractivity contribution in [2.24, 2.45) is 0 Å². The number of benzene rings is 2. The van der Waals surface area contributed by atoms with Crippen LogP contribution in [-0.2, 0) is 4.74 Å². The standard InChI is InChI=1S/C19H15N3O2/c20-10-11-22(19-14-23-13-15(19)12-21)16-6-8-18(9-7-16)24-17-4-2-1-3-5-17/h1-9H,11,13-14H2. The number of ether oxygens (including phenoxy) is 2. The van der Waals surface area contributed by atoms with Crippen LogP contribution >= 0.6 is 0 Å². The zero-order chi connectivity index (χ0) is 16.8. The zero-order valence-corrected chi connectivity index (χ0v) is 13.0. The summed E-state index contributed by atoms with van der Waals surface area (Å²) in [6.07, 6.45) is 0. The fraction of sp³-hybridized carbons (Fsp3) is 0.158. The number of hydrogen-bond donors (Lipinski definition) is 0. The molecule has 0 aliphatic carbocycles. The minimum atomic E-state index is 0.156. The van der Waals surface area contributed by atoms with Crippen molar-refractivity contribution in [3.8, 4) is 23.6 Å². The highest BCUT2D eigenvalue weighted by Crippen LogP contribution is 2.28. The lowest BCUT2D eigenvalue weighted by Gasteiger charge is -2.23. The van der Waals surface area contributed by atoms with Crippen LogP contribution in [0, 0.1) is 22.7 Å². The molecular formula is C19H15N3O2. The fourth-order valence-electron chi connectivity index (χ4n) is 2.49. The highest BCUT2D eigenvalue weighted by Gasteiger charge is 2.22. The van der Waals surface area contributed by atoms with Gasteiger partial charge in [-0.1, -0.05) is 18.2 Å². The first kappa shape index (κ1) is 15.6. The molecular weight excluding hydrogens is 302 g/mol. The Bertz CT molecular complexity index is 814. The second kappa shape index (κ2) is 7.32. The van der Waals surface area contributed by atoms with Gasteiger partial charge >= 0.3 is 0 Å². The molecule has 1 aliphatic rings. The summed E-state index contributed by atoms with van der Waals surface area (Å²) in [5.74, 6) is 1.47. The van der Waals surface area contributed by atoms with Crippen molar-refractivity contribution >= 4 is 5.69 Å². The average molecular weight is 317 g/mol. The Morgan fingerprint density at radius 2 is 1.67 bits per heavy atom. The Labute approximate surface area is 140 Å². The van der Waals surface area contributed by atoms with E-state index in [9.17, 15) is 5.26 Å². The molecule has 0 atom stereocenters. The number of nitrogens with zero attached hydrogens (tertiary/aromatic N) is 3. The molecule has 0 radical (unpaired) electrons. The van der Waals surface area contributed by atoms with E-state index < -0.39 is 0 Å². The molecule has 0 saturated heterocycles. The van der Waals surface area contributed by atoms with Crippen molar-refractivity contribution in [3.63, 3.8) is 0 Å². The molecule has 0 aromatic heterocycles. The third-order valence-electron chi connectivity index (χ3n) is 3.65. The lowest BCUT2D eigenvalue weighted by molar-refractivity contribution is 0.205. The van der Waals surface area contributed by atoms with Crippen molar-refractivity contribution in [2.75, 3.05) is 24.7 Å². The van der Waals surface area contributed by atoms with E-state index in [1.54, 1.807) is 4.90 Å². The van der Waals surface area contributed by atoms with E-state index in [1.807, 2.05) is 54.6 Å². The number of anilines is 1. The highest BCUT2D eigenvalue weighted by molar-refractivity contribution is 5.58. The normalized spacial score (nSPS) is 13.2. The van der Waals surface area contributed by atoms with Crippen LogP contribution < -0.4 is 9.64 Å². The predicted molar refractivity (Wildman–Crippen MR) is 89.4 cm³/mol. The summed E-state index contributed by atoms with van der Waals surface area (Å²) in [7, 11) is 0. The SMILES string of the molecule is N#CCN(C1=C(C#N)COC1)c1ccc(Oc2ccccc2)cc1. The van der Waals surface area contributed by atoms with Crippen LogP contribution in [0.3, 0.4) is 0 Å². The summed E-state index contributed by atoms with van der Waals surface area (Å²) in [5.41, 5.74) is 2.14. The molecule has 3 rings (SSSR count). The summed E-state index contributed by atoms with van der Waals surface area (Å²) in [6, 6.07) is 21.2. The van der Waals surface area contributed by atoms with E-state index in [-0.39, 0.29) is 6.54 Å². The molecule has 0 bridgehead atoms. The molecule has 5 heteroatoms. The van der Waals surface area contributed by atoms with Crippen molar-refractivity contribution in [1.29, 1.82) is 10.5 Å². The first-order chi connectivity index (χ1) is 11.8. The van der Waals surface area contributed by atoms with Crippen molar-refractivity contribution < 1.29 is 9.47 Å². The summed E-state index contributed by atoms with van der Waals surface area (Å²) >= 11 is 0. The number of hydrogen-bond acceptors (Lipinski definition) is 5. The number of rotatable bonds is 5. The first-order valence-corrected chi connectivity index (χ1v) is 7.49. The van der Waals surface area contributed by atoms with Gasteiger partial charge in [0.1, 0.15) is 18.0 Å². The maximum atomic E-state index is 9.19. The zero-order valence-electron chi connectivity index (χ0n) is 13.0. The Morgan fingerprint density at radius 1 is 0.958 bits per heavy atom. The van der Waals surface area contributed by atoms with Crippen LogP contribution in [0.4, 0.5) is 5.69 Å². The Hall–Kier alpha value is -3.28. The van der Waals surface area contributed by atoms with Crippen molar-refractivity contribution in [2.45, 2.75) is 0 Å². The first-order valence-electron chi connectivity index (χ1n) is 7.49. The van der Waals surface area contributed by atoms with Gasteiger partial charge in [0.15, 0.2) is 0 Å². The van der Waals surface area contributed by atoms with Gasteiger partial charge in [-0.3, -0.25) is 0 Å². The lowest BCUT2D eigenvalue weighted by atomic mass is 10.2. The van der Waals surface area contributed by atoms with Gasteiger partial charge in [0.05, 0.1) is 36.6 Å². The van der Waals surface area contributed by atoms with Gasteiger partial charge in [0, 0.05) is 5.69 Å². The van der Waals surface area contributed by atoms with Gasteiger partial charge in [0.25, 0.3) is 0 Å². The van der Waals surface area contributed by atoms with E-state index in [1.165, 1.54) is 0 Å². The fourth-order valence-corrected chi connectivity index (χ4v) is 2.49. The van der Waals surface area contributed by atoms with Gasteiger partial charge in [-0.25, -0.2) is 0 Å². The Balaban J connectivity index is 1.83. The monoisotopic (exact) mass is 317 g/mol. The van der Waals surface area contributed by atoms with E-state index in [4.69, 9.17) is 14.7 Å². The Morgan fingerprint density at radius 3 is 2.33 bits per heavy atom. The molecule has 5 nitrogen and oxygen atoms in total. The van der Waals surface area contributed by atoms with Crippen LogP contribution in [0.25, 0.3) is 0 Å². The minimum Gasteiger partial charge on any atom is -0.457 e. The van der Waals surface area contributed by atoms with E-state index in [2.05, 4.69) is 12.1 Å². The third kappa shape index (κ3) is 3.38. The van der Waals surface area contributed by atoms with Crippen LogP contribution in [0.15, 0.2) is 65.9 Å². The van der Waals surface area contributed by atoms with E-state index in [0.29, 0.717) is 24.5 Å². The smallest absolute Gasteiger partial charge is 0.127 e. The predicted octanol–water partition coefficient (Wildman–Crippen LogP) is 3.62. The molecule has 0 spiro atoms. The number of nitriles is 2. The maximum absolute atomic E-state index is 9.19. The van der Waals surface area contributed by atoms with Crippen molar-refractivity contribution in [3.05, 3.63) is 65.9 Å². The van der Waals surface area contributed by atoms with Gasteiger partial charge in [-0.15, -0.1) is 0 Å². The molecule has 118 valence electrons. The molecule has 0 amide bonds.